The molecule has 84 valence electrons. The van der Waals surface area contributed by atoms with E-state index in [0.29, 0.717) is 12.1 Å². The summed E-state index contributed by atoms with van der Waals surface area (Å²) in [7, 11) is 0. The van der Waals surface area contributed by atoms with E-state index in [1.54, 1.807) is 6.07 Å². The molecular formula is C11H13N3O2. The van der Waals surface area contributed by atoms with Gasteiger partial charge in [0, 0.05) is 11.8 Å². The Labute approximate surface area is 92.7 Å². The number of aromatic nitrogens is 3. The van der Waals surface area contributed by atoms with Gasteiger partial charge in [0.1, 0.15) is 0 Å². The summed E-state index contributed by atoms with van der Waals surface area (Å²) >= 11 is 0. The first-order valence-corrected chi connectivity index (χ1v) is 5.27. The highest BCUT2D eigenvalue weighted by molar-refractivity contribution is 5.86. The smallest absolute Gasteiger partial charge is 0.354 e. The highest BCUT2D eigenvalue weighted by Crippen LogP contribution is 2.11. The van der Waals surface area contributed by atoms with Gasteiger partial charge in [-0.15, -0.1) is 0 Å². The van der Waals surface area contributed by atoms with Gasteiger partial charge in [-0.05, 0) is 18.9 Å². The Hall–Kier alpha value is -1.91. The van der Waals surface area contributed by atoms with Crippen LogP contribution in [0.5, 0.6) is 0 Å². The maximum absolute atomic E-state index is 11.1. The van der Waals surface area contributed by atoms with Crippen molar-refractivity contribution in [1.29, 1.82) is 0 Å². The number of hydrogen-bond acceptors (Lipinski definition) is 3. The van der Waals surface area contributed by atoms with Crippen LogP contribution in [0.3, 0.4) is 0 Å². The molecule has 1 N–H and O–H groups in total. The molecule has 0 amide bonds. The van der Waals surface area contributed by atoms with Crippen molar-refractivity contribution in [3.05, 3.63) is 29.2 Å². The maximum atomic E-state index is 11.1. The third kappa shape index (κ3) is 1.64. The molecule has 2 aromatic rings. The molecule has 0 radical (unpaired) electrons. The van der Waals surface area contributed by atoms with Gasteiger partial charge in [-0.1, -0.05) is 13.8 Å². The van der Waals surface area contributed by atoms with E-state index in [-0.39, 0.29) is 5.69 Å². The minimum atomic E-state index is -0.979. The molecule has 0 bridgehead atoms. The SMILES string of the molecule is CCc1cc(C(=O)O)n2nc(CC)cc2n1. The number of carbonyl (C=O) groups is 1. The molecule has 0 aromatic carbocycles. The third-order valence-electron chi connectivity index (χ3n) is 2.47. The molecule has 2 aromatic heterocycles. The quantitative estimate of drug-likeness (QED) is 0.850. The number of nitrogens with zero attached hydrogens (tertiary/aromatic N) is 3. The summed E-state index contributed by atoms with van der Waals surface area (Å²) in [6, 6.07) is 3.40. The van der Waals surface area contributed by atoms with E-state index in [1.165, 1.54) is 4.52 Å². The fourth-order valence-electron chi connectivity index (χ4n) is 1.58. The number of fused-ring (bicyclic) bond motifs is 1. The van der Waals surface area contributed by atoms with Gasteiger partial charge in [0.05, 0.1) is 5.69 Å². The second-order valence-electron chi connectivity index (χ2n) is 3.55. The highest BCUT2D eigenvalue weighted by Gasteiger charge is 2.13. The standard InChI is InChI=1S/C11H13N3O2/c1-3-7-5-9(11(15)16)14-10(12-7)6-8(4-2)13-14/h5-6H,3-4H2,1-2H3,(H,15,16). The predicted molar refractivity (Wildman–Crippen MR) is 58.7 cm³/mol. The number of carboxylic acid groups (broad SMARTS) is 1. The first-order chi connectivity index (χ1) is 7.65. The molecule has 0 aliphatic carbocycles. The number of aryl methyl sites for hydroxylation is 2. The van der Waals surface area contributed by atoms with Crippen LogP contribution in [0.4, 0.5) is 0 Å². The van der Waals surface area contributed by atoms with Crippen LogP contribution in [-0.2, 0) is 12.8 Å². The number of aromatic carboxylic acids is 1. The molecule has 0 saturated heterocycles. The van der Waals surface area contributed by atoms with Crippen molar-refractivity contribution in [3.63, 3.8) is 0 Å². The van der Waals surface area contributed by atoms with Crippen molar-refractivity contribution in [3.8, 4) is 0 Å². The second-order valence-corrected chi connectivity index (χ2v) is 3.55. The van der Waals surface area contributed by atoms with Crippen molar-refractivity contribution >= 4 is 11.6 Å². The summed E-state index contributed by atoms with van der Waals surface area (Å²) in [6.07, 6.45) is 1.48. The molecule has 0 aliphatic rings. The number of hydrogen-bond donors (Lipinski definition) is 1. The Bertz CT molecular complexity index is 545. The molecule has 0 unspecified atom stereocenters. The number of carboxylic acids is 1. The highest BCUT2D eigenvalue weighted by atomic mass is 16.4. The zero-order valence-electron chi connectivity index (χ0n) is 9.27. The summed E-state index contributed by atoms with van der Waals surface area (Å²) in [4.78, 5) is 15.4. The minimum absolute atomic E-state index is 0.168. The van der Waals surface area contributed by atoms with E-state index in [2.05, 4.69) is 10.1 Å². The maximum Gasteiger partial charge on any atom is 0.354 e. The minimum Gasteiger partial charge on any atom is -0.477 e. The molecule has 5 heteroatoms. The van der Waals surface area contributed by atoms with Crippen molar-refractivity contribution in [2.45, 2.75) is 26.7 Å². The Morgan fingerprint density at radius 3 is 2.56 bits per heavy atom. The molecule has 0 saturated carbocycles. The van der Waals surface area contributed by atoms with Crippen LogP contribution < -0.4 is 0 Å². The zero-order chi connectivity index (χ0) is 11.7. The van der Waals surface area contributed by atoms with E-state index in [4.69, 9.17) is 5.11 Å². The molecule has 2 heterocycles. The third-order valence-corrected chi connectivity index (χ3v) is 2.47. The summed E-state index contributed by atoms with van der Waals surface area (Å²) < 4.78 is 1.39. The monoisotopic (exact) mass is 219 g/mol. The van der Waals surface area contributed by atoms with Crippen LogP contribution in [0.2, 0.25) is 0 Å². The van der Waals surface area contributed by atoms with Gasteiger partial charge >= 0.3 is 5.97 Å². The van der Waals surface area contributed by atoms with Crippen LogP contribution in [0.1, 0.15) is 35.7 Å². The fraction of sp³-hybridized carbons (Fsp3) is 0.364. The second kappa shape index (κ2) is 3.92. The first kappa shape index (κ1) is 10.6. The molecule has 2 rings (SSSR count). The first-order valence-electron chi connectivity index (χ1n) is 5.27. The van der Waals surface area contributed by atoms with Gasteiger partial charge in [-0.3, -0.25) is 0 Å². The molecule has 0 aliphatic heterocycles. The average Bonchev–Trinajstić information content (AvgIpc) is 2.69. The van der Waals surface area contributed by atoms with Crippen LogP contribution in [-0.4, -0.2) is 25.7 Å². The fourth-order valence-corrected chi connectivity index (χ4v) is 1.58. The molecule has 0 atom stereocenters. The van der Waals surface area contributed by atoms with Gasteiger partial charge < -0.3 is 5.11 Å². The van der Waals surface area contributed by atoms with E-state index in [0.717, 1.165) is 17.8 Å². The zero-order valence-corrected chi connectivity index (χ0v) is 9.27. The Balaban J connectivity index is 2.74. The molecule has 0 fully saturated rings. The van der Waals surface area contributed by atoms with E-state index in [1.807, 2.05) is 19.9 Å². The summed E-state index contributed by atoms with van der Waals surface area (Å²) in [6.45, 7) is 3.92. The van der Waals surface area contributed by atoms with E-state index in [9.17, 15) is 4.79 Å². The largest absolute Gasteiger partial charge is 0.477 e. The normalized spacial score (nSPS) is 10.9. The Morgan fingerprint density at radius 2 is 2.00 bits per heavy atom. The van der Waals surface area contributed by atoms with Crippen LogP contribution in [0, 0.1) is 0 Å². The molecule has 5 nitrogen and oxygen atoms in total. The Morgan fingerprint density at radius 1 is 1.31 bits per heavy atom. The lowest BCUT2D eigenvalue weighted by atomic mass is 10.2. The van der Waals surface area contributed by atoms with Gasteiger partial charge in [0.25, 0.3) is 0 Å². The lowest BCUT2D eigenvalue weighted by molar-refractivity contribution is 0.0687. The molecular weight excluding hydrogens is 206 g/mol. The summed E-state index contributed by atoms with van der Waals surface area (Å²) in [5.41, 5.74) is 2.39. The molecule has 16 heavy (non-hydrogen) atoms. The van der Waals surface area contributed by atoms with Gasteiger partial charge in [0.2, 0.25) is 0 Å². The van der Waals surface area contributed by atoms with E-state index < -0.39 is 5.97 Å². The summed E-state index contributed by atoms with van der Waals surface area (Å²) in [5.74, 6) is -0.979. The Kier molecular flexibility index (Phi) is 2.60. The lowest BCUT2D eigenvalue weighted by Gasteiger charge is -2.02. The van der Waals surface area contributed by atoms with Crippen molar-refractivity contribution in [2.24, 2.45) is 0 Å². The van der Waals surface area contributed by atoms with Crippen molar-refractivity contribution < 1.29 is 9.90 Å². The van der Waals surface area contributed by atoms with Crippen LogP contribution in [0.25, 0.3) is 5.65 Å². The van der Waals surface area contributed by atoms with Gasteiger partial charge in [-0.25, -0.2) is 14.3 Å². The van der Waals surface area contributed by atoms with E-state index >= 15 is 0 Å². The van der Waals surface area contributed by atoms with Gasteiger partial charge in [0.15, 0.2) is 11.3 Å². The lowest BCUT2D eigenvalue weighted by Crippen LogP contribution is -2.09. The predicted octanol–water partition coefficient (Wildman–Crippen LogP) is 1.55. The van der Waals surface area contributed by atoms with Crippen molar-refractivity contribution in [2.75, 3.05) is 0 Å². The number of rotatable bonds is 3. The van der Waals surface area contributed by atoms with Crippen LogP contribution >= 0.6 is 0 Å². The van der Waals surface area contributed by atoms with Gasteiger partial charge in [-0.2, -0.15) is 5.10 Å². The van der Waals surface area contributed by atoms with Crippen molar-refractivity contribution in [1.82, 2.24) is 14.6 Å². The van der Waals surface area contributed by atoms with Crippen LogP contribution in [0.15, 0.2) is 12.1 Å². The summed E-state index contributed by atoms with van der Waals surface area (Å²) in [5, 5.41) is 13.3. The average molecular weight is 219 g/mol. The topological polar surface area (TPSA) is 67.5 Å². The molecule has 0 spiro atoms.